The zero-order chi connectivity index (χ0) is 36.7. The Bertz CT molecular complexity index is 1400. The molecule has 0 radical (unpaired) electrons. The summed E-state index contributed by atoms with van der Waals surface area (Å²) in [6, 6.07) is -3.50. The van der Waals surface area contributed by atoms with Crippen LogP contribution in [0.3, 0.4) is 0 Å². The molecule has 0 aromatic carbocycles. The number of carbonyl (C=O) groups is 5. The van der Waals surface area contributed by atoms with Gasteiger partial charge in [0.1, 0.15) is 12.1 Å². The third-order valence-corrected chi connectivity index (χ3v) is 14.2. The number of ketones is 1. The number of sulfone groups is 1. The first-order valence-corrected chi connectivity index (χ1v) is 20.0. The van der Waals surface area contributed by atoms with Crippen LogP contribution in [0.5, 0.6) is 0 Å². The first-order chi connectivity index (χ1) is 22.5. The smallest absolute Gasteiger partial charge is 0.315 e. The molecule has 3 aliphatic carbocycles. The van der Waals surface area contributed by atoms with Crippen molar-refractivity contribution in [3.05, 3.63) is 0 Å². The topological polar surface area (TPSA) is 171 Å². The number of Topliss-reactive ketones (excluding diaryl/α,β-unsaturated/α-hetero) is 1. The average Bonchev–Trinajstić information content (AvgIpc) is 3.83. The summed E-state index contributed by atoms with van der Waals surface area (Å²) in [4.78, 5) is 69.7. The number of piperidine rings is 1. The van der Waals surface area contributed by atoms with Crippen molar-refractivity contribution in [1.82, 2.24) is 26.2 Å². The molecule has 0 spiro atoms. The molecule has 5 amide bonds. The van der Waals surface area contributed by atoms with Gasteiger partial charge in [-0.15, -0.1) is 0 Å². The molecular formula is C36H61N5O7S. The molecule has 1 heterocycles. The van der Waals surface area contributed by atoms with Gasteiger partial charge < -0.3 is 26.2 Å². The largest absolute Gasteiger partial charge is 0.347 e. The van der Waals surface area contributed by atoms with Crippen LogP contribution in [0.25, 0.3) is 0 Å². The number of hydrogen-bond acceptors (Lipinski definition) is 7. The number of nitrogens with zero attached hydrogens (tertiary/aromatic N) is 1. The van der Waals surface area contributed by atoms with E-state index in [0.29, 0.717) is 32.2 Å². The zero-order valence-corrected chi connectivity index (χ0v) is 32.0. The summed E-state index contributed by atoms with van der Waals surface area (Å²) in [6.45, 7) is 16.9. The van der Waals surface area contributed by atoms with E-state index in [1.807, 2.05) is 27.7 Å². The van der Waals surface area contributed by atoms with E-state index in [2.05, 4.69) is 35.1 Å². The quantitative estimate of drug-likeness (QED) is 0.212. The number of carbonyl (C=O) groups excluding carboxylic acids is 5. The van der Waals surface area contributed by atoms with E-state index in [1.165, 1.54) is 4.90 Å². The van der Waals surface area contributed by atoms with Crippen molar-refractivity contribution >= 4 is 39.4 Å². The minimum Gasteiger partial charge on any atom is -0.347 e. The van der Waals surface area contributed by atoms with Crippen LogP contribution in [-0.4, -0.2) is 89.6 Å². The van der Waals surface area contributed by atoms with Gasteiger partial charge in [0.15, 0.2) is 9.84 Å². The molecule has 278 valence electrons. The number of fused-ring (bicyclic) bond motifs is 1. The van der Waals surface area contributed by atoms with Gasteiger partial charge in [-0.2, -0.15) is 0 Å². The lowest BCUT2D eigenvalue weighted by atomic mass is 9.83. The van der Waals surface area contributed by atoms with Gasteiger partial charge in [-0.3, -0.25) is 19.2 Å². The molecule has 0 aromatic heterocycles. The van der Waals surface area contributed by atoms with E-state index in [4.69, 9.17) is 0 Å². The Balaban J connectivity index is 1.54. The van der Waals surface area contributed by atoms with Gasteiger partial charge in [-0.25, -0.2) is 13.2 Å². The molecule has 4 aliphatic rings. The van der Waals surface area contributed by atoms with Gasteiger partial charge in [0.05, 0.1) is 22.1 Å². The van der Waals surface area contributed by atoms with E-state index >= 15 is 0 Å². The van der Waals surface area contributed by atoms with E-state index in [1.54, 1.807) is 20.8 Å². The highest BCUT2D eigenvalue weighted by Crippen LogP contribution is 2.65. The van der Waals surface area contributed by atoms with E-state index in [-0.39, 0.29) is 29.0 Å². The molecular weight excluding hydrogens is 646 g/mol. The van der Waals surface area contributed by atoms with Gasteiger partial charge in [-0.05, 0) is 75.5 Å². The molecule has 4 unspecified atom stereocenters. The van der Waals surface area contributed by atoms with Crippen molar-refractivity contribution in [2.75, 3.05) is 12.3 Å². The van der Waals surface area contributed by atoms with Gasteiger partial charge in [0.25, 0.3) is 5.91 Å². The maximum atomic E-state index is 14.5. The number of likely N-dealkylation sites (tertiary alicyclic amines) is 1. The second-order valence-corrected chi connectivity index (χ2v) is 20.6. The molecule has 5 atom stereocenters. The van der Waals surface area contributed by atoms with Crippen LogP contribution in [0.15, 0.2) is 0 Å². The number of urea groups is 1. The Labute approximate surface area is 293 Å². The molecule has 4 fully saturated rings. The van der Waals surface area contributed by atoms with E-state index in [9.17, 15) is 32.4 Å². The second-order valence-electron chi connectivity index (χ2n) is 17.8. The third-order valence-electron chi connectivity index (χ3n) is 11.4. The van der Waals surface area contributed by atoms with Gasteiger partial charge in [0, 0.05) is 12.6 Å². The molecule has 49 heavy (non-hydrogen) atoms. The molecule has 0 aromatic rings. The summed E-state index contributed by atoms with van der Waals surface area (Å²) in [5.41, 5.74) is -1.90. The second kappa shape index (κ2) is 14.1. The molecule has 4 rings (SSSR count). The lowest BCUT2D eigenvalue weighted by Gasteiger charge is -2.41. The molecule has 3 saturated carbocycles. The predicted molar refractivity (Wildman–Crippen MR) is 188 cm³/mol. The summed E-state index contributed by atoms with van der Waals surface area (Å²) in [5, 5.41) is 11.5. The molecule has 1 saturated heterocycles. The SMILES string of the molecule is CCCCC(NC(=O)C1[C@H]2C(CN1C(=O)C(NC(=O)NC1(CS(=O)(=O)C(C)(C)C)CCCCC1)C(C)(C)C)C2(C)C)C(=O)C(=O)NC1CC1. The first-order valence-electron chi connectivity index (χ1n) is 18.3. The Morgan fingerprint density at radius 3 is 2.06 bits per heavy atom. The fourth-order valence-electron chi connectivity index (χ4n) is 7.73. The molecule has 12 nitrogen and oxygen atoms in total. The molecule has 0 bridgehead atoms. The monoisotopic (exact) mass is 707 g/mol. The predicted octanol–water partition coefficient (Wildman–Crippen LogP) is 3.62. The fraction of sp³-hybridized carbons (Fsp3) is 0.861. The molecule has 13 heteroatoms. The summed E-state index contributed by atoms with van der Waals surface area (Å²) in [7, 11) is -3.56. The van der Waals surface area contributed by atoms with Crippen LogP contribution in [0.1, 0.15) is 127 Å². The van der Waals surface area contributed by atoms with Crippen LogP contribution >= 0.6 is 0 Å². The van der Waals surface area contributed by atoms with Gasteiger partial charge in [0.2, 0.25) is 17.6 Å². The van der Waals surface area contributed by atoms with Crippen molar-refractivity contribution in [3.8, 4) is 0 Å². The van der Waals surface area contributed by atoms with E-state index < -0.39 is 73.2 Å². The third kappa shape index (κ3) is 8.79. The molecule has 1 aliphatic heterocycles. The maximum Gasteiger partial charge on any atom is 0.315 e. The Morgan fingerprint density at radius 2 is 1.53 bits per heavy atom. The maximum absolute atomic E-state index is 14.5. The summed E-state index contributed by atoms with van der Waals surface area (Å²) >= 11 is 0. The van der Waals surface area contributed by atoms with Crippen LogP contribution in [0.2, 0.25) is 0 Å². The molecule has 4 N–H and O–H groups in total. The number of nitrogens with one attached hydrogen (secondary N) is 4. The van der Waals surface area contributed by atoms with Crippen molar-refractivity contribution in [1.29, 1.82) is 0 Å². The lowest BCUT2D eigenvalue weighted by Crippen LogP contribution is -2.64. The minimum atomic E-state index is -3.56. The van der Waals surface area contributed by atoms with Crippen molar-refractivity contribution in [3.63, 3.8) is 0 Å². The fourth-order valence-corrected chi connectivity index (χ4v) is 9.25. The highest BCUT2D eigenvalue weighted by Gasteiger charge is 2.70. The highest BCUT2D eigenvalue weighted by molar-refractivity contribution is 7.92. The van der Waals surface area contributed by atoms with Gasteiger partial charge >= 0.3 is 6.03 Å². The number of hydrogen-bond donors (Lipinski definition) is 4. The zero-order valence-electron chi connectivity index (χ0n) is 31.2. The van der Waals surface area contributed by atoms with Crippen molar-refractivity contribution < 1.29 is 32.4 Å². The lowest BCUT2D eigenvalue weighted by molar-refractivity contribution is -0.145. The highest BCUT2D eigenvalue weighted by atomic mass is 32.2. The Hall–Kier alpha value is -2.70. The number of rotatable bonds is 13. The summed E-state index contributed by atoms with van der Waals surface area (Å²) < 4.78 is 25.6. The number of amides is 5. The Morgan fingerprint density at radius 1 is 0.918 bits per heavy atom. The average molecular weight is 708 g/mol. The normalized spacial score (nSPS) is 25.7. The Kier molecular flexibility index (Phi) is 11.3. The van der Waals surface area contributed by atoms with E-state index in [0.717, 1.165) is 38.5 Å². The van der Waals surface area contributed by atoms with Crippen LogP contribution in [0, 0.1) is 22.7 Å². The van der Waals surface area contributed by atoms with Crippen LogP contribution in [0.4, 0.5) is 4.79 Å². The standard InChI is InChI=1S/C36H61N5O7S/c1-10-11-15-24(27(42)30(44)37-22-16-17-22)38-29(43)26-25-23(35(25,8)9)20-41(26)31(45)28(33(2,3)4)39-32(46)40-36(18-13-12-14-19-36)21-49(47,48)34(5,6)7/h22-26,28H,10-21H2,1-9H3,(H,37,44)(H,38,43)(H2,39,40,46)/t23?,24?,25-,26?,28?/m1/s1. The first kappa shape index (κ1) is 39.1. The summed E-state index contributed by atoms with van der Waals surface area (Å²) in [6.07, 6.45) is 6.97. The number of unbranched alkanes of at least 4 members (excludes halogenated alkanes) is 1. The van der Waals surface area contributed by atoms with Crippen LogP contribution in [-0.2, 0) is 29.0 Å². The summed E-state index contributed by atoms with van der Waals surface area (Å²) in [5.74, 6) is -2.50. The van der Waals surface area contributed by atoms with Crippen molar-refractivity contribution in [2.45, 2.75) is 161 Å². The van der Waals surface area contributed by atoms with Gasteiger partial charge in [-0.1, -0.05) is 73.6 Å². The van der Waals surface area contributed by atoms with Crippen LogP contribution < -0.4 is 21.3 Å². The minimum absolute atomic E-state index is 0.00450. The van der Waals surface area contributed by atoms with Crippen molar-refractivity contribution in [2.24, 2.45) is 22.7 Å².